The molecule has 1 heterocycles. The van der Waals surface area contributed by atoms with Crippen LogP contribution in [-0.2, 0) is 4.74 Å². The van der Waals surface area contributed by atoms with Gasteiger partial charge >= 0.3 is 5.97 Å². The van der Waals surface area contributed by atoms with Gasteiger partial charge in [-0.3, -0.25) is 0 Å². The van der Waals surface area contributed by atoms with Gasteiger partial charge < -0.3 is 9.64 Å². The maximum absolute atomic E-state index is 11.4. The summed E-state index contributed by atoms with van der Waals surface area (Å²) in [7, 11) is 5.29. The molecule has 0 aromatic carbocycles. The molecular formula is C9H12BrNO2S. The van der Waals surface area contributed by atoms with Crippen LogP contribution >= 0.6 is 27.3 Å². The number of halogens is 1. The molecule has 1 rings (SSSR count). The zero-order chi connectivity index (χ0) is 10.9. The van der Waals surface area contributed by atoms with Crippen LogP contribution in [0.25, 0.3) is 0 Å². The van der Waals surface area contributed by atoms with Crippen molar-refractivity contribution in [3.8, 4) is 0 Å². The first-order valence-electron chi connectivity index (χ1n) is 4.03. The van der Waals surface area contributed by atoms with Gasteiger partial charge in [0.25, 0.3) is 0 Å². The quantitative estimate of drug-likeness (QED) is 0.779. The van der Waals surface area contributed by atoms with Gasteiger partial charge in [-0.2, -0.15) is 0 Å². The Morgan fingerprint density at radius 1 is 1.50 bits per heavy atom. The Balaban J connectivity index is 3.24. The van der Waals surface area contributed by atoms with E-state index in [2.05, 4.69) is 15.9 Å². The van der Waals surface area contributed by atoms with Crippen LogP contribution in [0, 0.1) is 6.92 Å². The SMILES string of the molecule is COC(=O)c1c(Br)sc(N(C)C)c1C. The summed E-state index contributed by atoms with van der Waals surface area (Å²) in [6.45, 7) is 1.92. The molecule has 1 aromatic rings. The van der Waals surface area contributed by atoms with E-state index in [0.717, 1.165) is 14.4 Å². The van der Waals surface area contributed by atoms with Gasteiger partial charge in [-0.05, 0) is 28.4 Å². The van der Waals surface area contributed by atoms with E-state index in [-0.39, 0.29) is 5.97 Å². The molecule has 0 bridgehead atoms. The molecule has 0 saturated heterocycles. The third-order valence-electron chi connectivity index (χ3n) is 1.87. The van der Waals surface area contributed by atoms with Crippen LogP contribution in [-0.4, -0.2) is 27.2 Å². The second-order valence-electron chi connectivity index (χ2n) is 3.07. The number of carbonyl (C=O) groups is 1. The van der Waals surface area contributed by atoms with Crippen molar-refractivity contribution in [2.45, 2.75) is 6.92 Å². The van der Waals surface area contributed by atoms with Crippen molar-refractivity contribution in [1.29, 1.82) is 0 Å². The molecule has 0 aliphatic carbocycles. The standard InChI is InChI=1S/C9H12BrNO2S/c1-5-6(9(12)13-4)7(10)14-8(5)11(2)3/h1-4H3. The van der Waals surface area contributed by atoms with Gasteiger partial charge in [-0.1, -0.05) is 0 Å². The molecule has 14 heavy (non-hydrogen) atoms. The number of methoxy groups -OCH3 is 1. The fourth-order valence-corrected chi connectivity index (χ4v) is 3.09. The number of esters is 1. The third kappa shape index (κ3) is 1.93. The number of nitrogens with zero attached hydrogens (tertiary/aromatic N) is 1. The van der Waals surface area contributed by atoms with Crippen LogP contribution in [0.3, 0.4) is 0 Å². The minimum absolute atomic E-state index is 0.293. The van der Waals surface area contributed by atoms with Crippen molar-refractivity contribution >= 4 is 38.2 Å². The van der Waals surface area contributed by atoms with Crippen molar-refractivity contribution in [3.05, 3.63) is 14.9 Å². The Morgan fingerprint density at radius 3 is 2.43 bits per heavy atom. The maximum atomic E-state index is 11.4. The lowest BCUT2D eigenvalue weighted by atomic mass is 10.2. The maximum Gasteiger partial charge on any atom is 0.340 e. The number of carbonyl (C=O) groups excluding carboxylic acids is 1. The third-order valence-corrected chi connectivity index (χ3v) is 4.00. The highest BCUT2D eigenvalue weighted by atomic mass is 79.9. The van der Waals surface area contributed by atoms with Crippen molar-refractivity contribution in [2.24, 2.45) is 0 Å². The predicted octanol–water partition coefficient (Wildman–Crippen LogP) is 2.67. The summed E-state index contributed by atoms with van der Waals surface area (Å²) in [5.74, 6) is -0.293. The van der Waals surface area contributed by atoms with Crippen LogP contribution in [0.15, 0.2) is 3.79 Å². The first-order valence-corrected chi connectivity index (χ1v) is 5.64. The number of hydrogen-bond acceptors (Lipinski definition) is 4. The first-order chi connectivity index (χ1) is 6.49. The van der Waals surface area contributed by atoms with Crippen LogP contribution < -0.4 is 4.90 Å². The highest BCUT2D eigenvalue weighted by Gasteiger charge is 2.20. The van der Waals surface area contributed by atoms with Gasteiger partial charge in [0.05, 0.1) is 21.5 Å². The normalized spacial score (nSPS) is 10.1. The average Bonchev–Trinajstić information content (AvgIpc) is 2.41. The lowest BCUT2D eigenvalue weighted by Crippen LogP contribution is -2.09. The molecule has 0 unspecified atom stereocenters. The van der Waals surface area contributed by atoms with Crippen molar-refractivity contribution in [1.82, 2.24) is 0 Å². The van der Waals surface area contributed by atoms with Crippen LogP contribution in [0.4, 0.5) is 5.00 Å². The molecule has 0 amide bonds. The average molecular weight is 278 g/mol. The summed E-state index contributed by atoms with van der Waals surface area (Å²) in [5, 5.41) is 1.07. The van der Waals surface area contributed by atoms with Crippen LogP contribution in [0.1, 0.15) is 15.9 Å². The molecule has 0 spiro atoms. The Bertz CT molecular complexity index is 360. The van der Waals surface area contributed by atoms with Crippen LogP contribution in [0.5, 0.6) is 0 Å². The van der Waals surface area contributed by atoms with Gasteiger partial charge in [-0.15, -0.1) is 11.3 Å². The number of thiophene rings is 1. The Kier molecular flexibility index (Phi) is 3.55. The fraction of sp³-hybridized carbons (Fsp3) is 0.444. The van der Waals surface area contributed by atoms with Gasteiger partial charge in [0.2, 0.25) is 0 Å². The lowest BCUT2D eigenvalue weighted by molar-refractivity contribution is 0.0599. The van der Waals surface area contributed by atoms with Gasteiger partial charge in [-0.25, -0.2) is 4.79 Å². The molecular weight excluding hydrogens is 266 g/mol. The van der Waals surface area contributed by atoms with Crippen molar-refractivity contribution in [2.75, 3.05) is 26.1 Å². The molecule has 0 fully saturated rings. The van der Waals surface area contributed by atoms with E-state index < -0.39 is 0 Å². The Morgan fingerprint density at radius 2 is 2.07 bits per heavy atom. The number of anilines is 1. The van der Waals surface area contributed by atoms with E-state index in [0.29, 0.717) is 5.56 Å². The summed E-state index contributed by atoms with van der Waals surface area (Å²) in [6.07, 6.45) is 0. The predicted molar refractivity (Wildman–Crippen MR) is 62.4 cm³/mol. The summed E-state index contributed by atoms with van der Waals surface area (Å²) >= 11 is 4.90. The minimum atomic E-state index is -0.293. The molecule has 0 aliphatic heterocycles. The second kappa shape index (κ2) is 4.31. The summed E-state index contributed by atoms with van der Waals surface area (Å²) in [5.41, 5.74) is 1.58. The number of hydrogen-bond donors (Lipinski definition) is 0. The smallest absolute Gasteiger partial charge is 0.340 e. The second-order valence-corrected chi connectivity index (χ2v) is 5.38. The minimum Gasteiger partial charge on any atom is -0.465 e. The summed E-state index contributed by atoms with van der Waals surface area (Å²) < 4.78 is 5.53. The van der Waals surface area contributed by atoms with Crippen LogP contribution in [0.2, 0.25) is 0 Å². The Labute approximate surface area is 95.8 Å². The largest absolute Gasteiger partial charge is 0.465 e. The highest BCUT2D eigenvalue weighted by Crippen LogP contribution is 2.38. The van der Waals surface area contributed by atoms with E-state index in [4.69, 9.17) is 4.74 Å². The van der Waals surface area contributed by atoms with Gasteiger partial charge in [0.1, 0.15) is 0 Å². The molecule has 0 saturated carbocycles. The molecule has 1 aromatic heterocycles. The Hall–Kier alpha value is -0.550. The van der Waals surface area contributed by atoms with E-state index in [1.165, 1.54) is 18.4 Å². The van der Waals surface area contributed by atoms with Crippen molar-refractivity contribution in [3.63, 3.8) is 0 Å². The van der Waals surface area contributed by atoms with Gasteiger partial charge in [0, 0.05) is 14.1 Å². The molecule has 78 valence electrons. The number of rotatable bonds is 2. The molecule has 0 atom stereocenters. The van der Waals surface area contributed by atoms with E-state index in [1.54, 1.807) is 0 Å². The molecule has 3 nitrogen and oxygen atoms in total. The molecule has 5 heteroatoms. The lowest BCUT2D eigenvalue weighted by Gasteiger charge is -2.10. The van der Waals surface area contributed by atoms with Crippen molar-refractivity contribution < 1.29 is 9.53 Å². The molecule has 0 N–H and O–H groups in total. The first kappa shape index (κ1) is 11.5. The van der Waals surface area contributed by atoms with Gasteiger partial charge in [0.15, 0.2) is 0 Å². The topological polar surface area (TPSA) is 29.5 Å². The van der Waals surface area contributed by atoms with E-state index >= 15 is 0 Å². The summed E-state index contributed by atoms with van der Waals surface area (Å²) in [6, 6.07) is 0. The highest BCUT2D eigenvalue weighted by molar-refractivity contribution is 9.11. The fourth-order valence-electron chi connectivity index (χ4n) is 1.23. The van der Waals surface area contributed by atoms with E-state index in [1.807, 2.05) is 25.9 Å². The zero-order valence-electron chi connectivity index (χ0n) is 8.55. The zero-order valence-corrected chi connectivity index (χ0v) is 11.0. The van der Waals surface area contributed by atoms with E-state index in [9.17, 15) is 4.79 Å². The summed E-state index contributed by atoms with van der Waals surface area (Å²) in [4.78, 5) is 13.4. The number of ether oxygens (including phenoxy) is 1. The molecule has 0 aliphatic rings. The monoisotopic (exact) mass is 277 g/mol. The molecule has 0 radical (unpaired) electrons.